The lowest BCUT2D eigenvalue weighted by molar-refractivity contribution is 0.100. The monoisotopic (exact) mass is 180 g/mol. The van der Waals surface area contributed by atoms with E-state index in [-0.39, 0.29) is 5.78 Å². The van der Waals surface area contributed by atoms with Gasteiger partial charge in [-0.15, -0.1) is 0 Å². The van der Waals surface area contributed by atoms with E-state index in [0.717, 1.165) is 18.1 Å². The minimum absolute atomic E-state index is 0.120. The minimum atomic E-state index is 0.120. The van der Waals surface area contributed by atoms with E-state index in [4.69, 9.17) is 0 Å². The van der Waals surface area contributed by atoms with Gasteiger partial charge in [-0.25, -0.2) is 0 Å². The number of rotatable bonds is 3. The maximum Gasteiger partial charge on any atom is 0.176 e. The van der Waals surface area contributed by atoms with E-state index in [0.29, 0.717) is 0 Å². The molecule has 0 unspecified atom stereocenters. The zero-order valence-electron chi connectivity index (χ0n) is 8.66. The largest absolute Gasteiger partial charge is 0.364 e. The van der Waals surface area contributed by atoms with Crippen LogP contribution in [0.25, 0.3) is 0 Å². The highest BCUT2D eigenvalue weighted by atomic mass is 16.1. The third kappa shape index (κ3) is 1.74. The van der Waals surface area contributed by atoms with Crippen molar-refractivity contribution in [2.75, 3.05) is 19.0 Å². The van der Waals surface area contributed by atoms with Crippen molar-refractivity contribution in [1.29, 1.82) is 0 Å². The van der Waals surface area contributed by atoms with Gasteiger partial charge < -0.3 is 9.47 Å². The van der Waals surface area contributed by atoms with Gasteiger partial charge in [0.05, 0.1) is 5.69 Å². The summed E-state index contributed by atoms with van der Waals surface area (Å²) in [5, 5.41) is 0. The van der Waals surface area contributed by atoms with E-state index < -0.39 is 0 Å². The zero-order valence-corrected chi connectivity index (χ0v) is 8.66. The third-order valence-electron chi connectivity index (χ3n) is 2.09. The Labute approximate surface area is 79.0 Å². The second-order valence-corrected chi connectivity index (χ2v) is 3.27. The van der Waals surface area contributed by atoms with Crippen LogP contribution in [0.5, 0.6) is 0 Å². The summed E-state index contributed by atoms with van der Waals surface area (Å²) in [6.45, 7) is 4.47. The maximum atomic E-state index is 11.2. The summed E-state index contributed by atoms with van der Waals surface area (Å²) in [7, 11) is 3.96. The Kier molecular flexibility index (Phi) is 2.76. The zero-order chi connectivity index (χ0) is 10.0. The fourth-order valence-corrected chi connectivity index (χ4v) is 1.49. The molecule has 3 heteroatoms. The molecule has 13 heavy (non-hydrogen) atoms. The quantitative estimate of drug-likeness (QED) is 0.662. The van der Waals surface area contributed by atoms with Crippen LogP contribution in [0.3, 0.4) is 0 Å². The minimum Gasteiger partial charge on any atom is -0.364 e. The molecule has 0 aliphatic rings. The molecule has 0 radical (unpaired) electrons. The fraction of sp³-hybridized carbons (Fsp3) is 0.500. The summed E-state index contributed by atoms with van der Waals surface area (Å²) in [6, 6.07) is 3.85. The summed E-state index contributed by atoms with van der Waals surface area (Å²) < 4.78 is 2.02. The fourth-order valence-electron chi connectivity index (χ4n) is 1.49. The molecule has 1 aromatic heterocycles. The van der Waals surface area contributed by atoms with Gasteiger partial charge in [-0.3, -0.25) is 4.79 Å². The van der Waals surface area contributed by atoms with E-state index in [1.807, 2.05) is 42.6 Å². The predicted molar refractivity (Wildman–Crippen MR) is 54.4 cm³/mol. The highest BCUT2D eigenvalue weighted by Crippen LogP contribution is 2.17. The van der Waals surface area contributed by atoms with Gasteiger partial charge in [0.15, 0.2) is 5.78 Å². The molecule has 0 amide bonds. The average Bonchev–Trinajstić information content (AvgIpc) is 2.46. The molecule has 0 saturated heterocycles. The topological polar surface area (TPSA) is 25.2 Å². The van der Waals surface area contributed by atoms with Crippen LogP contribution in [-0.2, 0) is 6.54 Å². The Morgan fingerprint density at radius 2 is 2.08 bits per heavy atom. The Morgan fingerprint density at radius 3 is 2.46 bits per heavy atom. The van der Waals surface area contributed by atoms with Crippen molar-refractivity contribution in [2.45, 2.75) is 20.4 Å². The van der Waals surface area contributed by atoms with Crippen LogP contribution in [0.2, 0.25) is 0 Å². The molecule has 0 aliphatic heterocycles. The number of Topliss-reactive ketones (excluding diaryl/α,β-unsaturated/α-hetero) is 1. The first-order valence-corrected chi connectivity index (χ1v) is 4.45. The summed E-state index contributed by atoms with van der Waals surface area (Å²) in [5.74, 6) is 1.20. The number of anilines is 1. The van der Waals surface area contributed by atoms with Crippen LogP contribution in [0.1, 0.15) is 24.3 Å². The van der Waals surface area contributed by atoms with Gasteiger partial charge in [-0.05, 0) is 19.1 Å². The second kappa shape index (κ2) is 3.64. The summed E-state index contributed by atoms with van der Waals surface area (Å²) >= 11 is 0. The molecule has 0 saturated carbocycles. The number of hydrogen-bond donors (Lipinski definition) is 0. The van der Waals surface area contributed by atoms with Crippen molar-refractivity contribution in [1.82, 2.24) is 4.57 Å². The average molecular weight is 180 g/mol. The molecular formula is C10H16N2O. The molecule has 1 rings (SSSR count). The van der Waals surface area contributed by atoms with Gasteiger partial charge in [0.1, 0.15) is 5.82 Å². The first-order chi connectivity index (χ1) is 6.07. The Bertz CT molecular complexity index is 313. The maximum absolute atomic E-state index is 11.2. The number of ketones is 1. The van der Waals surface area contributed by atoms with Gasteiger partial charge >= 0.3 is 0 Å². The molecular weight excluding hydrogens is 164 g/mol. The van der Waals surface area contributed by atoms with E-state index in [1.165, 1.54) is 0 Å². The number of carbonyl (C=O) groups excluding carboxylic acids is 1. The smallest absolute Gasteiger partial charge is 0.176 e. The third-order valence-corrected chi connectivity index (χ3v) is 2.09. The SMILES string of the molecule is CCn1c(C(C)=O)ccc1N(C)C. The van der Waals surface area contributed by atoms with Crippen molar-refractivity contribution in [3.05, 3.63) is 17.8 Å². The highest BCUT2D eigenvalue weighted by Gasteiger charge is 2.10. The summed E-state index contributed by atoms with van der Waals surface area (Å²) in [5.41, 5.74) is 0.784. The molecule has 3 nitrogen and oxygen atoms in total. The van der Waals surface area contributed by atoms with Gasteiger partial charge in [-0.1, -0.05) is 0 Å². The van der Waals surface area contributed by atoms with E-state index in [1.54, 1.807) is 6.92 Å². The first kappa shape index (κ1) is 9.84. The number of carbonyl (C=O) groups is 1. The predicted octanol–water partition coefficient (Wildman–Crippen LogP) is 1.78. The van der Waals surface area contributed by atoms with Gasteiger partial charge in [-0.2, -0.15) is 0 Å². The molecule has 1 heterocycles. The summed E-state index contributed by atoms with van der Waals surface area (Å²) in [4.78, 5) is 13.2. The van der Waals surface area contributed by atoms with E-state index in [9.17, 15) is 4.79 Å². The Hall–Kier alpha value is -1.25. The van der Waals surface area contributed by atoms with Crippen molar-refractivity contribution in [3.63, 3.8) is 0 Å². The van der Waals surface area contributed by atoms with Crippen LogP contribution in [0, 0.1) is 0 Å². The lowest BCUT2D eigenvalue weighted by Crippen LogP contribution is -2.16. The standard InChI is InChI=1S/C10H16N2O/c1-5-12-9(8(2)13)6-7-10(12)11(3)4/h6-7H,5H2,1-4H3. The van der Waals surface area contributed by atoms with E-state index >= 15 is 0 Å². The number of hydrogen-bond acceptors (Lipinski definition) is 2. The van der Waals surface area contributed by atoms with Crippen LogP contribution >= 0.6 is 0 Å². The normalized spacial score (nSPS) is 10.2. The number of nitrogens with zero attached hydrogens (tertiary/aromatic N) is 2. The van der Waals surface area contributed by atoms with Crippen LogP contribution in [-0.4, -0.2) is 24.4 Å². The molecule has 0 fully saturated rings. The molecule has 0 atom stereocenters. The Morgan fingerprint density at radius 1 is 1.46 bits per heavy atom. The van der Waals surface area contributed by atoms with Gasteiger partial charge in [0.2, 0.25) is 0 Å². The van der Waals surface area contributed by atoms with Gasteiger partial charge in [0.25, 0.3) is 0 Å². The molecule has 0 N–H and O–H groups in total. The van der Waals surface area contributed by atoms with Crippen molar-refractivity contribution in [2.24, 2.45) is 0 Å². The second-order valence-electron chi connectivity index (χ2n) is 3.27. The molecule has 1 aromatic rings. The Balaban J connectivity index is 3.18. The molecule has 0 aromatic carbocycles. The van der Waals surface area contributed by atoms with Crippen LogP contribution < -0.4 is 4.90 Å². The van der Waals surface area contributed by atoms with Crippen LogP contribution in [0.4, 0.5) is 5.82 Å². The lowest BCUT2D eigenvalue weighted by Gasteiger charge is -2.16. The first-order valence-electron chi connectivity index (χ1n) is 4.45. The van der Waals surface area contributed by atoms with Crippen molar-refractivity contribution in [3.8, 4) is 0 Å². The molecule has 0 bridgehead atoms. The summed E-state index contributed by atoms with van der Waals surface area (Å²) in [6.07, 6.45) is 0. The van der Waals surface area contributed by atoms with Gasteiger partial charge in [0, 0.05) is 27.6 Å². The molecule has 0 spiro atoms. The van der Waals surface area contributed by atoms with Crippen molar-refractivity contribution < 1.29 is 4.79 Å². The van der Waals surface area contributed by atoms with E-state index in [2.05, 4.69) is 0 Å². The van der Waals surface area contributed by atoms with Crippen LogP contribution in [0.15, 0.2) is 12.1 Å². The lowest BCUT2D eigenvalue weighted by atomic mass is 10.3. The number of aromatic nitrogens is 1. The molecule has 72 valence electrons. The molecule has 0 aliphatic carbocycles. The highest BCUT2D eigenvalue weighted by molar-refractivity contribution is 5.93. The van der Waals surface area contributed by atoms with Crippen molar-refractivity contribution >= 4 is 11.6 Å².